The normalized spacial score (nSPS) is 12.8. The summed E-state index contributed by atoms with van der Waals surface area (Å²) in [6.07, 6.45) is 4.88. The van der Waals surface area contributed by atoms with Crippen LogP contribution in [0.1, 0.15) is 39.4 Å². The van der Waals surface area contributed by atoms with E-state index < -0.39 is 11.8 Å². The van der Waals surface area contributed by atoms with Crippen molar-refractivity contribution in [1.29, 1.82) is 0 Å². The third-order valence-corrected chi connectivity index (χ3v) is 5.10. The molecule has 1 heterocycles. The first-order valence-corrected chi connectivity index (χ1v) is 10.2. The lowest BCUT2D eigenvalue weighted by atomic mass is 10.1. The van der Waals surface area contributed by atoms with Crippen LogP contribution in [0.2, 0.25) is 0 Å². The zero-order valence-corrected chi connectivity index (χ0v) is 17.5. The summed E-state index contributed by atoms with van der Waals surface area (Å²) in [4.78, 5) is 34.7. The van der Waals surface area contributed by atoms with E-state index in [0.29, 0.717) is 24.6 Å². The highest BCUT2D eigenvalue weighted by atomic mass is 19.1. The molecule has 0 atom stereocenters. The molecule has 1 saturated carbocycles. The van der Waals surface area contributed by atoms with Gasteiger partial charge in [-0.25, -0.2) is 19.2 Å². The third-order valence-electron chi connectivity index (χ3n) is 5.10. The molecule has 1 aliphatic carbocycles. The van der Waals surface area contributed by atoms with Crippen molar-refractivity contribution < 1.29 is 23.5 Å². The number of hydrogen-bond acceptors (Lipinski definition) is 6. The van der Waals surface area contributed by atoms with Crippen molar-refractivity contribution in [3.8, 4) is 11.5 Å². The minimum Gasteiger partial charge on any atom is -0.465 e. The van der Waals surface area contributed by atoms with Gasteiger partial charge in [0.1, 0.15) is 0 Å². The molecule has 0 aliphatic heterocycles. The zero-order chi connectivity index (χ0) is 22.5. The SMILES string of the molecule is COC(=O)c1ccc(CN(CC2CC2)C(=O)c2ncc(Oc3ccccc3F)cn2)cc1. The van der Waals surface area contributed by atoms with Gasteiger partial charge < -0.3 is 14.4 Å². The zero-order valence-electron chi connectivity index (χ0n) is 17.5. The fourth-order valence-corrected chi connectivity index (χ4v) is 3.19. The average Bonchev–Trinajstić information content (AvgIpc) is 3.64. The van der Waals surface area contributed by atoms with Crippen LogP contribution in [0.3, 0.4) is 0 Å². The molecule has 0 radical (unpaired) electrons. The molecule has 0 unspecified atom stereocenters. The maximum absolute atomic E-state index is 13.8. The number of aromatic nitrogens is 2. The lowest BCUT2D eigenvalue weighted by Gasteiger charge is -2.22. The molecule has 1 aromatic heterocycles. The first-order valence-electron chi connectivity index (χ1n) is 10.2. The Kier molecular flexibility index (Phi) is 6.39. The van der Waals surface area contributed by atoms with Gasteiger partial charge in [0.15, 0.2) is 17.3 Å². The summed E-state index contributed by atoms with van der Waals surface area (Å²) in [7, 11) is 1.33. The van der Waals surface area contributed by atoms with Crippen molar-refractivity contribution >= 4 is 11.9 Å². The molecule has 4 rings (SSSR count). The molecule has 2 aromatic carbocycles. The molecule has 3 aromatic rings. The van der Waals surface area contributed by atoms with Crippen molar-refractivity contribution in [3.63, 3.8) is 0 Å². The number of amides is 1. The van der Waals surface area contributed by atoms with E-state index in [9.17, 15) is 14.0 Å². The summed E-state index contributed by atoms with van der Waals surface area (Å²) in [5.41, 5.74) is 1.33. The van der Waals surface area contributed by atoms with Crippen LogP contribution in [0.25, 0.3) is 0 Å². The van der Waals surface area contributed by atoms with Gasteiger partial charge >= 0.3 is 5.97 Å². The Morgan fingerprint density at radius 3 is 2.38 bits per heavy atom. The van der Waals surface area contributed by atoms with E-state index in [1.54, 1.807) is 41.3 Å². The van der Waals surface area contributed by atoms with E-state index in [1.807, 2.05) is 0 Å². The molecule has 1 amide bonds. The molecule has 0 bridgehead atoms. The highest BCUT2D eigenvalue weighted by Crippen LogP contribution is 2.31. The number of carbonyl (C=O) groups is 2. The third kappa shape index (κ3) is 5.26. The van der Waals surface area contributed by atoms with Gasteiger partial charge in [-0.2, -0.15) is 0 Å². The Morgan fingerprint density at radius 2 is 1.75 bits per heavy atom. The van der Waals surface area contributed by atoms with Crippen LogP contribution in [0.5, 0.6) is 11.5 Å². The summed E-state index contributed by atoms with van der Waals surface area (Å²) in [6.45, 7) is 0.974. The molecule has 1 aliphatic rings. The molecule has 7 nitrogen and oxygen atoms in total. The number of methoxy groups -OCH3 is 1. The number of para-hydroxylation sites is 1. The lowest BCUT2D eigenvalue weighted by Crippen LogP contribution is -2.33. The number of benzene rings is 2. The van der Waals surface area contributed by atoms with E-state index in [2.05, 4.69) is 9.97 Å². The lowest BCUT2D eigenvalue weighted by molar-refractivity contribution is 0.0600. The smallest absolute Gasteiger partial charge is 0.337 e. The van der Waals surface area contributed by atoms with Crippen molar-refractivity contribution in [3.05, 3.63) is 83.7 Å². The van der Waals surface area contributed by atoms with Gasteiger partial charge in [0.25, 0.3) is 5.91 Å². The second kappa shape index (κ2) is 9.55. The van der Waals surface area contributed by atoms with Gasteiger partial charge in [0.05, 0.1) is 25.1 Å². The van der Waals surface area contributed by atoms with Crippen LogP contribution >= 0.6 is 0 Å². The number of rotatable bonds is 8. The Morgan fingerprint density at radius 1 is 1.06 bits per heavy atom. The largest absolute Gasteiger partial charge is 0.465 e. The predicted octanol–water partition coefficient (Wildman–Crippen LogP) is 4.25. The molecular weight excluding hydrogens is 413 g/mol. The predicted molar refractivity (Wildman–Crippen MR) is 114 cm³/mol. The Labute approximate surface area is 184 Å². The van der Waals surface area contributed by atoms with Crippen LogP contribution in [0, 0.1) is 11.7 Å². The second-order valence-corrected chi connectivity index (χ2v) is 7.59. The maximum atomic E-state index is 13.8. The van der Waals surface area contributed by atoms with Crippen LogP contribution in [-0.2, 0) is 11.3 Å². The van der Waals surface area contributed by atoms with Gasteiger partial charge in [-0.3, -0.25) is 4.79 Å². The minimum atomic E-state index is -0.499. The first-order chi connectivity index (χ1) is 15.5. The van der Waals surface area contributed by atoms with Gasteiger partial charge in [0.2, 0.25) is 5.82 Å². The Balaban J connectivity index is 1.46. The van der Waals surface area contributed by atoms with Crippen molar-refractivity contribution in [2.45, 2.75) is 19.4 Å². The van der Waals surface area contributed by atoms with E-state index in [0.717, 1.165) is 18.4 Å². The number of nitrogens with zero attached hydrogens (tertiary/aromatic N) is 3. The van der Waals surface area contributed by atoms with Crippen LogP contribution < -0.4 is 4.74 Å². The van der Waals surface area contributed by atoms with Crippen molar-refractivity contribution in [2.24, 2.45) is 5.92 Å². The average molecular weight is 435 g/mol. The van der Waals surface area contributed by atoms with Crippen LogP contribution in [0.15, 0.2) is 60.9 Å². The summed E-state index contributed by atoms with van der Waals surface area (Å²) in [5, 5.41) is 0. The molecule has 32 heavy (non-hydrogen) atoms. The van der Waals surface area contributed by atoms with Crippen LogP contribution in [0.4, 0.5) is 4.39 Å². The number of esters is 1. The van der Waals surface area contributed by atoms with E-state index >= 15 is 0 Å². The quantitative estimate of drug-likeness (QED) is 0.492. The van der Waals surface area contributed by atoms with Gasteiger partial charge in [0, 0.05) is 13.1 Å². The summed E-state index contributed by atoms with van der Waals surface area (Å²) >= 11 is 0. The Bertz CT molecular complexity index is 1100. The topological polar surface area (TPSA) is 81.6 Å². The number of ether oxygens (including phenoxy) is 2. The second-order valence-electron chi connectivity index (χ2n) is 7.59. The fourth-order valence-electron chi connectivity index (χ4n) is 3.19. The minimum absolute atomic E-state index is 0.0396. The number of halogens is 1. The highest BCUT2D eigenvalue weighted by molar-refractivity contribution is 5.90. The van der Waals surface area contributed by atoms with E-state index in [1.165, 1.54) is 31.6 Å². The molecule has 164 valence electrons. The first kappa shape index (κ1) is 21.4. The summed E-state index contributed by atoms with van der Waals surface area (Å²) in [6, 6.07) is 13.0. The van der Waals surface area contributed by atoms with Gasteiger partial charge in [-0.15, -0.1) is 0 Å². The van der Waals surface area contributed by atoms with Gasteiger partial charge in [-0.1, -0.05) is 24.3 Å². The summed E-state index contributed by atoms with van der Waals surface area (Å²) in [5.74, 6) is -0.407. The molecular formula is C24H22FN3O4. The standard InChI is InChI=1S/C24H22FN3O4/c1-31-24(30)18-10-8-17(9-11-18)15-28(14-16-6-7-16)23(29)22-26-12-19(13-27-22)32-21-5-3-2-4-20(21)25/h2-5,8-13,16H,6-7,14-15H2,1H3. The fraction of sp³-hybridized carbons (Fsp3) is 0.250. The Hall–Kier alpha value is -3.81. The van der Waals surface area contributed by atoms with Gasteiger partial charge in [-0.05, 0) is 48.6 Å². The summed E-state index contributed by atoms with van der Waals surface area (Å²) < 4.78 is 23.9. The highest BCUT2D eigenvalue weighted by Gasteiger charge is 2.28. The van der Waals surface area contributed by atoms with E-state index in [-0.39, 0.29) is 23.2 Å². The number of hydrogen-bond donors (Lipinski definition) is 0. The van der Waals surface area contributed by atoms with Crippen LogP contribution in [-0.4, -0.2) is 40.4 Å². The molecule has 0 spiro atoms. The van der Waals surface area contributed by atoms with Crippen molar-refractivity contribution in [1.82, 2.24) is 14.9 Å². The van der Waals surface area contributed by atoms with E-state index in [4.69, 9.17) is 9.47 Å². The molecule has 1 fully saturated rings. The monoisotopic (exact) mass is 435 g/mol. The van der Waals surface area contributed by atoms with Crippen molar-refractivity contribution in [2.75, 3.05) is 13.7 Å². The molecule has 0 N–H and O–H groups in total. The maximum Gasteiger partial charge on any atom is 0.337 e. The molecule has 8 heteroatoms. The molecule has 0 saturated heterocycles. The number of carbonyl (C=O) groups excluding carboxylic acids is 2.